The molecule has 2 rings (SSSR count). The van der Waals surface area contributed by atoms with Crippen LogP contribution in [0.2, 0.25) is 0 Å². The first-order chi connectivity index (χ1) is 10.7. The van der Waals surface area contributed by atoms with Crippen LogP contribution in [0.25, 0.3) is 0 Å². The van der Waals surface area contributed by atoms with Gasteiger partial charge in [-0.05, 0) is 32.9 Å². The summed E-state index contributed by atoms with van der Waals surface area (Å²) in [6.45, 7) is 5.96. The van der Waals surface area contributed by atoms with Gasteiger partial charge in [0.05, 0.1) is 6.61 Å². The molecule has 1 aromatic rings. The number of carbonyl (C=O) groups is 1. The Morgan fingerprint density at radius 3 is 2.78 bits per heavy atom. The maximum absolute atomic E-state index is 12.0. The highest BCUT2D eigenvalue weighted by molar-refractivity contribution is 7.92. The normalized spacial score (nSPS) is 18.0. The molecule has 1 N–H and O–H groups in total. The second-order valence-electron chi connectivity index (χ2n) is 5.82. The van der Waals surface area contributed by atoms with E-state index in [1.165, 1.54) is 6.92 Å². The number of nitrogens with one attached hydrogen (secondary N) is 1. The Balaban J connectivity index is 2.16. The number of sulfone groups is 1. The van der Waals surface area contributed by atoms with Crippen molar-refractivity contribution < 1.29 is 22.7 Å². The lowest BCUT2D eigenvalue weighted by atomic mass is 10.1. The van der Waals surface area contributed by atoms with Gasteiger partial charge in [-0.2, -0.15) is 0 Å². The van der Waals surface area contributed by atoms with Crippen molar-refractivity contribution in [1.82, 2.24) is 5.32 Å². The highest BCUT2D eigenvalue weighted by Crippen LogP contribution is 2.35. The molecule has 0 saturated heterocycles. The number of rotatable bonds is 6. The van der Waals surface area contributed by atoms with Crippen molar-refractivity contribution in [3.05, 3.63) is 23.3 Å². The van der Waals surface area contributed by atoms with E-state index in [2.05, 4.69) is 5.32 Å². The molecular weight excluding hydrogens is 318 g/mol. The van der Waals surface area contributed by atoms with Gasteiger partial charge < -0.3 is 14.8 Å². The smallest absolute Gasteiger partial charge is 0.238 e. The second-order valence-corrected chi connectivity index (χ2v) is 8.19. The van der Waals surface area contributed by atoms with E-state index in [9.17, 15) is 13.2 Å². The molecule has 128 valence electrons. The van der Waals surface area contributed by atoms with Crippen molar-refractivity contribution in [3.8, 4) is 11.5 Å². The number of hydrogen-bond donors (Lipinski definition) is 1. The predicted molar refractivity (Wildman–Crippen MR) is 87.6 cm³/mol. The molecule has 7 heteroatoms. The largest absolute Gasteiger partial charge is 0.494 e. The minimum atomic E-state index is -3.41. The summed E-state index contributed by atoms with van der Waals surface area (Å²) in [6, 6.07) is 3.79. The van der Waals surface area contributed by atoms with Crippen LogP contribution in [0.3, 0.4) is 0 Å². The molecular formula is C16H23NO5S. The third kappa shape index (κ3) is 4.16. The number of amides is 1. The molecule has 0 aromatic heterocycles. The number of carbonyl (C=O) groups excluding carboxylic acids is 1. The van der Waals surface area contributed by atoms with Gasteiger partial charge in [0, 0.05) is 30.3 Å². The monoisotopic (exact) mass is 341 g/mol. The third-order valence-corrected chi connectivity index (χ3v) is 5.34. The Hall–Kier alpha value is -1.76. The Labute approximate surface area is 137 Å². The van der Waals surface area contributed by atoms with Crippen LogP contribution in [0.5, 0.6) is 11.5 Å². The number of ether oxygens (including phenoxy) is 2. The van der Waals surface area contributed by atoms with Crippen LogP contribution < -0.4 is 14.8 Å². The van der Waals surface area contributed by atoms with Crippen LogP contribution in [0.15, 0.2) is 12.1 Å². The molecule has 1 amide bonds. The number of benzene rings is 1. The lowest BCUT2D eigenvalue weighted by Gasteiger charge is -2.15. The van der Waals surface area contributed by atoms with Crippen LogP contribution in [-0.2, 0) is 27.6 Å². The maximum atomic E-state index is 12.0. The minimum absolute atomic E-state index is 0.120. The summed E-state index contributed by atoms with van der Waals surface area (Å²) in [4.78, 5) is 12.0. The zero-order valence-electron chi connectivity index (χ0n) is 13.9. The van der Waals surface area contributed by atoms with E-state index in [-0.39, 0.29) is 12.6 Å². The summed E-state index contributed by atoms with van der Waals surface area (Å²) >= 11 is 0. The number of fused-ring (bicyclic) bond motifs is 1. The summed E-state index contributed by atoms with van der Waals surface area (Å²) in [5, 5.41) is 1.57. The molecule has 2 atom stereocenters. The molecule has 1 aliphatic rings. The fourth-order valence-corrected chi connectivity index (χ4v) is 2.90. The molecule has 6 nitrogen and oxygen atoms in total. The lowest BCUT2D eigenvalue weighted by Crippen LogP contribution is -2.37. The van der Waals surface area contributed by atoms with Crippen molar-refractivity contribution >= 4 is 15.7 Å². The molecule has 0 radical (unpaired) electrons. The summed E-state index contributed by atoms with van der Waals surface area (Å²) in [7, 11) is -3.41. The molecule has 0 saturated carbocycles. The first kappa shape index (κ1) is 17.6. The number of hydrogen-bond acceptors (Lipinski definition) is 5. The minimum Gasteiger partial charge on any atom is -0.494 e. The van der Waals surface area contributed by atoms with E-state index >= 15 is 0 Å². The first-order valence-electron chi connectivity index (χ1n) is 7.64. The summed E-state index contributed by atoms with van der Waals surface area (Å²) in [5.41, 5.74) is 1.86. The molecule has 1 aliphatic heterocycles. The van der Waals surface area contributed by atoms with Gasteiger partial charge in [-0.15, -0.1) is 0 Å². The average molecular weight is 341 g/mol. The quantitative estimate of drug-likeness (QED) is 0.847. The topological polar surface area (TPSA) is 81.7 Å². The van der Waals surface area contributed by atoms with Gasteiger partial charge in [-0.3, -0.25) is 4.79 Å². The van der Waals surface area contributed by atoms with Crippen LogP contribution in [0, 0.1) is 0 Å². The highest BCUT2D eigenvalue weighted by atomic mass is 32.2. The molecule has 1 heterocycles. The van der Waals surface area contributed by atoms with E-state index in [0.717, 1.165) is 29.6 Å². The SMILES string of the molecule is CCOc1cc2c(cc1CNC(=O)[C@@H](C)S(C)(=O)=O)O[C@H](C)C2. The van der Waals surface area contributed by atoms with Gasteiger partial charge in [0.1, 0.15) is 22.9 Å². The van der Waals surface area contributed by atoms with Gasteiger partial charge in [0.2, 0.25) is 5.91 Å². The van der Waals surface area contributed by atoms with Crippen molar-refractivity contribution in [3.63, 3.8) is 0 Å². The van der Waals surface area contributed by atoms with Crippen molar-refractivity contribution in [2.75, 3.05) is 12.9 Å². The van der Waals surface area contributed by atoms with Gasteiger partial charge in [0.15, 0.2) is 9.84 Å². The van der Waals surface area contributed by atoms with Gasteiger partial charge in [-0.25, -0.2) is 8.42 Å². The Morgan fingerprint density at radius 1 is 1.48 bits per heavy atom. The molecule has 0 aliphatic carbocycles. The fourth-order valence-electron chi connectivity index (χ4n) is 2.43. The summed E-state index contributed by atoms with van der Waals surface area (Å²) < 4.78 is 34.2. The van der Waals surface area contributed by atoms with Crippen LogP contribution in [-0.4, -0.2) is 38.5 Å². The van der Waals surface area contributed by atoms with E-state index in [1.54, 1.807) is 0 Å². The Bertz CT molecular complexity index is 699. The second kappa shape index (κ2) is 6.78. The third-order valence-electron chi connectivity index (χ3n) is 3.84. The Morgan fingerprint density at radius 2 is 2.17 bits per heavy atom. The molecule has 0 bridgehead atoms. The molecule has 0 fully saturated rings. The summed E-state index contributed by atoms with van der Waals surface area (Å²) in [5.74, 6) is 0.961. The van der Waals surface area contributed by atoms with E-state index in [0.29, 0.717) is 12.4 Å². The van der Waals surface area contributed by atoms with Gasteiger partial charge in [-0.1, -0.05) is 0 Å². The van der Waals surface area contributed by atoms with Crippen LogP contribution in [0.1, 0.15) is 31.9 Å². The molecule has 0 spiro atoms. The van der Waals surface area contributed by atoms with Gasteiger partial charge >= 0.3 is 0 Å². The maximum Gasteiger partial charge on any atom is 0.238 e. The van der Waals surface area contributed by atoms with Crippen molar-refractivity contribution in [1.29, 1.82) is 0 Å². The zero-order chi connectivity index (χ0) is 17.2. The fraction of sp³-hybridized carbons (Fsp3) is 0.562. The lowest BCUT2D eigenvalue weighted by molar-refractivity contribution is -0.120. The Kier molecular flexibility index (Phi) is 5.19. The van der Waals surface area contributed by atoms with E-state index < -0.39 is 21.0 Å². The summed E-state index contributed by atoms with van der Waals surface area (Å²) in [6.07, 6.45) is 2.00. The van der Waals surface area contributed by atoms with Crippen molar-refractivity contribution in [2.45, 2.75) is 45.1 Å². The van der Waals surface area contributed by atoms with E-state index in [1.807, 2.05) is 26.0 Å². The molecule has 23 heavy (non-hydrogen) atoms. The standard InChI is InChI=1S/C16H23NO5S/c1-5-21-14-7-12-6-10(2)22-15(12)8-13(14)9-17-16(18)11(3)23(4,19)20/h7-8,10-11H,5-6,9H2,1-4H3,(H,17,18)/t10-,11-/m1/s1. The van der Waals surface area contributed by atoms with Crippen LogP contribution >= 0.6 is 0 Å². The first-order valence-corrected chi connectivity index (χ1v) is 9.59. The zero-order valence-corrected chi connectivity index (χ0v) is 14.7. The highest BCUT2D eigenvalue weighted by Gasteiger charge is 2.25. The molecule has 0 unspecified atom stereocenters. The molecule has 1 aromatic carbocycles. The average Bonchev–Trinajstić information content (AvgIpc) is 2.82. The van der Waals surface area contributed by atoms with E-state index in [4.69, 9.17) is 9.47 Å². The predicted octanol–water partition coefficient (Wildman–Crippen LogP) is 1.46. The van der Waals surface area contributed by atoms with Crippen LogP contribution in [0.4, 0.5) is 0 Å². The van der Waals surface area contributed by atoms with Crippen molar-refractivity contribution in [2.24, 2.45) is 0 Å². The van der Waals surface area contributed by atoms with Gasteiger partial charge in [0.25, 0.3) is 0 Å².